The van der Waals surface area contributed by atoms with E-state index in [0.29, 0.717) is 0 Å². The van der Waals surface area contributed by atoms with Gasteiger partial charge in [-0.05, 0) is 0 Å². The van der Waals surface area contributed by atoms with Gasteiger partial charge in [0.05, 0.1) is 0 Å². The van der Waals surface area contributed by atoms with Crippen LogP contribution in [0.25, 0.3) is 0 Å². The second-order valence-electron chi connectivity index (χ2n) is 5.25. The van der Waals surface area contributed by atoms with Gasteiger partial charge in [0, 0.05) is 0 Å². The molecule has 0 N–H and O–H groups in total. The predicted molar refractivity (Wildman–Crippen MR) is 82.1 cm³/mol. The molecule has 0 fully saturated rings. The summed E-state index contributed by atoms with van der Waals surface area (Å²) in [5, 5.41) is 2.97. The van der Waals surface area contributed by atoms with Crippen molar-refractivity contribution in [3.63, 3.8) is 0 Å². The average molecular weight is 264 g/mol. The summed E-state index contributed by atoms with van der Waals surface area (Å²) in [4.78, 5) is 0. The molecule has 0 saturated heterocycles. The molecule has 0 aliphatic heterocycles. The molecule has 0 rings (SSSR count). The molecule has 16 heavy (non-hydrogen) atoms. The molecule has 1 radical (unpaired) electrons. The molecule has 0 unspecified atom stereocenters. The summed E-state index contributed by atoms with van der Waals surface area (Å²) in [6.45, 7) is 13.7. The van der Waals surface area contributed by atoms with Crippen LogP contribution in [0.2, 0.25) is 10.6 Å². The fourth-order valence-corrected chi connectivity index (χ4v) is 2.79. The van der Waals surface area contributed by atoms with Crippen molar-refractivity contribution in [1.82, 2.24) is 0 Å². The van der Waals surface area contributed by atoms with Crippen molar-refractivity contribution in [2.75, 3.05) is 0 Å². The van der Waals surface area contributed by atoms with E-state index >= 15 is 0 Å². The van der Waals surface area contributed by atoms with Crippen molar-refractivity contribution in [2.24, 2.45) is 11.8 Å². The molecular formula is C14H33AlCl. The van der Waals surface area contributed by atoms with Crippen molar-refractivity contribution >= 4 is 27.6 Å². The van der Waals surface area contributed by atoms with Gasteiger partial charge < -0.3 is 0 Å². The second-order valence-corrected chi connectivity index (χ2v) is 6.78. The fraction of sp³-hybridized carbons (Fsp3) is 1.00. The third-order valence-corrected chi connectivity index (χ3v) is 4.79. The Morgan fingerprint density at radius 3 is 1.25 bits per heavy atom. The zero-order chi connectivity index (χ0) is 12.1. The Morgan fingerprint density at radius 1 is 0.750 bits per heavy atom. The standard InChI is InChI=1S/C6H14.2C4H9.Al.ClH/c1-3-5-6-4-2;2*1-4(2)3;;/h3-6H2,1-2H3;2*4H,1H2,2-3H3;;1H. The molecule has 2 heteroatoms. The highest BCUT2D eigenvalue weighted by Crippen LogP contribution is 2.05. The van der Waals surface area contributed by atoms with Gasteiger partial charge in [-0.15, -0.1) is 23.0 Å². The summed E-state index contributed by atoms with van der Waals surface area (Å²) in [6, 6.07) is 0. The molecule has 0 bridgehead atoms. The highest BCUT2D eigenvalue weighted by molar-refractivity contribution is 6.35. The summed E-state index contributed by atoms with van der Waals surface area (Å²) in [7, 11) is 0. The summed E-state index contributed by atoms with van der Waals surface area (Å²) in [5.74, 6) is 1.86. The quantitative estimate of drug-likeness (QED) is 0.399. The van der Waals surface area contributed by atoms with E-state index in [2.05, 4.69) is 41.5 Å². The van der Waals surface area contributed by atoms with Crippen LogP contribution in [-0.4, -0.2) is 15.2 Å². The van der Waals surface area contributed by atoms with E-state index in [1.165, 1.54) is 36.2 Å². The maximum atomic E-state index is 2.31. The van der Waals surface area contributed by atoms with Crippen LogP contribution in [0, 0.1) is 11.8 Å². The Balaban J connectivity index is -0.000000214. The van der Waals surface area contributed by atoms with Crippen molar-refractivity contribution < 1.29 is 0 Å². The second kappa shape index (κ2) is 18.2. The highest BCUT2D eigenvalue weighted by atomic mass is 35.5. The van der Waals surface area contributed by atoms with Crippen LogP contribution in [0.1, 0.15) is 67.2 Å². The third-order valence-electron chi connectivity index (χ3n) is 2.23. The summed E-state index contributed by atoms with van der Waals surface area (Å²) in [6.07, 6.45) is 5.54. The van der Waals surface area contributed by atoms with Crippen LogP contribution in [0.4, 0.5) is 0 Å². The minimum atomic E-state index is 0. The Hall–Kier alpha value is 0.822. The minimum absolute atomic E-state index is 0. The Bertz CT molecular complexity index is 90.9. The number of halogens is 1. The lowest BCUT2D eigenvalue weighted by Gasteiger charge is -2.03. The number of rotatable bonds is 7. The molecule has 0 aliphatic rings. The molecule has 0 aliphatic carbocycles. The first-order chi connectivity index (χ1) is 7.04. The van der Waals surface area contributed by atoms with Gasteiger partial charge in [-0.25, -0.2) is 0 Å². The lowest BCUT2D eigenvalue weighted by molar-refractivity contribution is 0.700. The lowest BCUT2D eigenvalue weighted by atomic mass is 10.2. The number of hydrogen-bond acceptors (Lipinski definition) is 0. The van der Waals surface area contributed by atoms with Gasteiger partial charge >= 0.3 is 0 Å². The van der Waals surface area contributed by atoms with Gasteiger partial charge in [0.15, 0.2) is 0 Å². The zero-order valence-corrected chi connectivity index (χ0v) is 14.4. The van der Waals surface area contributed by atoms with Crippen LogP contribution in [0.5, 0.6) is 0 Å². The normalized spacial score (nSPS) is 9.50. The molecule has 0 saturated carbocycles. The van der Waals surface area contributed by atoms with Gasteiger partial charge in [-0.3, -0.25) is 0 Å². The maximum Gasteiger partial charge on any atom is 0.200 e. The van der Waals surface area contributed by atoms with Crippen molar-refractivity contribution in [1.29, 1.82) is 0 Å². The SMILES string of the molecule is CC(C)[CH2][Al][CH2]C(C)C.CCCCCC.Cl. The first kappa shape index (κ1) is 22.0. The van der Waals surface area contributed by atoms with Gasteiger partial charge in [0.2, 0.25) is 15.2 Å². The summed E-state index contributed by atoms with van der Waals surface area (Å²) < 4.78 is 0. The molecule has 0 amide bonds. The number of hydrogen-bond donors (Lipinski definition) is 0. The third kappa shape index (κ3) is 29.4. The summed E-state index contributed by atoms with van der Waals surface area (Å²) >= 11 is 0.755. The Morgan fingerprint density at radius 2 is 1.06 bits per heavy atom. The van der Waals surface area contributed by atoms with Crippen molar-refractivity contribution in [3.8, 4) is 0 Å². The predicted octanol–water partition coefficient (Wildman–Crippen LogP) is 5.85. The number of unbranched alkanes of at least 4 members (excludes halogenated alkanes) is 3. The van der Waals surface area contributed by atoms with Gasteiger partial charge in [-0.1, -0.05) is 79.1 Å². The van der Waals surface area contributed by atoms with E-state index < -0.39 is 0 Å². The topological polar surface area (TPSA) is 0 Å². The molecule has 0 spiro atoms. The molecule has 0 atom stereocenters. The smallest absolute Gasteiger partial charge is 0.147 e. The largest absolute Gasteiger partial charge is 0.200 e. The van der Waals surface area contributed by atoms with E-state index in [9.17, 15) is 0 Å². The van der Waals surface area contributed by atoms with Gasteiger partial charge in [0.1, 0.15) is 0 Å². The van der Waals surface area contributed by atoms with Gasteiger partial charge in [-0.2, -0.15) is 0 Å². The van der Waals surface area contributed by atoms with E-state index in [1.54, 1.807) is 0 Å². The van der Waals surface area contributed by atoms with Gasteiger partial charge in [0.25, 0.3) is 0 Å². The first-order valence-corrected chi connectivity index (χ1v) is 8.49. The molecule has 0 aromatic rings. The Labute approximate surface area is 117 Å². The Kier molecular flexibility index (Phi) is 25.1. The molecule has 99 valence electrons. The monoisotopic (exact) mass is 263 g/mol. The molecular weight excluding hydrogens is 231 g/mol. The molecule has 0 heterocycles. The fourth-order valence-electron chi connectivity index (χ4n) is 1.26. The van der Waals surface area contributed by atoms with Crippen molar-refractivity contribution in [3.05, 3.63) is 0 Å². The van der Waals surface area contributed by atoms with E-state index in [1.807, 2.05) is 0 Å². The molecule has 0 aromatic carbocycles. The van der Waals surface area contributed by atoms with Crippen LogP contribution >= 0.6 is 12.4 Å². The minimum Gasteiger partial charge on any atom is -0.147 e. The lowest BCUT2D eigenvalue weighted by Crippen LogP contribution is -1.99. The highest BCUT2D eigenvalue weighted by Gasteiger charge is 1.98. The molecule has 0 nitrogen and oxygen atoms in total. The summed E-state index contributed by atoms with van der Waals surface area (Å²) in [5.41, 5.74) is 0. The first-order valence-electron chi connectivity index (χ1n) is 6.86. The molecule has 0 aromatic heterocycles. The van der Waals surface area contributed by atoms with E-state index in [4.69, 9.17) is 0 Å². The van der Waals surface area contributed by atoms with E-state index in [-0.39, 0.29) is 12.4 Å². The van der Waals surface area contributed by atoms with Crippen LogP contribution < -0.4 is 0 Å². The maximum absolute atomic E-state index is 2.31. The zero-order valence-electron chi connectivity index (χ0n) is 12.4. The van der Waals surface area contributed by atoms with Crippen LogP contribution in [0.15, 0.2) is 0 Å². The van der Waals surface area contributed by atoms with Crippen molar-refractivity contribution in [2.45, 2.75) is 77.8 Å². The van der Waals surface area contributed by atoms with Crippen LogP contribution in [-0.2, 0) is 0 Å². The average Bonchev–Trinajstić information content (AvgIpc) is 2.14. The van der Waals surface area contributed by atoms with Crippen LogP contribution in [0.3, 0.4) is 0 Å². The van der Waals surface area contributed by atoms with E-state index in [0.717, 1.165) is 27.1 Å².